The SMILES string of the molecule is CC(=O)Nc1ccc2c(COC(=O)C(C)NC(=O)c3cccc(C)c3)cc(=O)oc2c1. The Bertz CT molecular complexity index is 1210. The number of carbonyl (C=O) groups is 3. The lowest BCUT2D eigenvalue weighted by Gasteiger charge is -2.14. The second-order valence-electron chi connectivity index (χ2n) is 7.16. The molecule has 1 atom stereocenters. The third kappa shape index (κ3) is 5.57. The average molecular weight is 422 g/mol. The van der Waals surface area contributed by atoms with Gasteiger partial charge in [0.25, 0.3) is 5.91 Å². The van der Waals surface area contributed by atoms with Crippen LogP contribution in [0.4, 0.5) is 5.69 Å². The van der Waals surface area contributed by atoms with Crippen LogP contribution < -0.4 is 16.3 Å². The van der Waals surface area contributed by atoms with E-state index in [4.69, 9.17) is 9.15 Å². The summed E-state index contributed by atoms with van der Waals surface area (Å²) >= 11 is 0. The first-order chi connectivity index (χ1) is 14.7. The molecule has 1 unspecified atom stereocenters. The zero-order valence-corrected chi connectivity index (χ0v) is 17.4. The summed E-state index contributed by atoms with van der Waals surface area (Å²) in [7, 11) is 0. The first-order valence-corrected chi connectivity index (χ1v) is 9.61. The highest BCUT2D eigenvalue weighted by Crippen LogP contribution is 2.22. The lowest BCUT2D eigenvalue weighted by atomic mass is 10.1. The minimum atomic E-state index is -0.884. The van der Waals surface area contributed by atoms with E-state index in [2.05, 4.69) is 10.6 Å². The van der Waals surface area contributed by atoms with Crippen molar-refractivity contribution in [2.24, 2.45) is 0 Å². The summed E-state index contributed by atoms with van der Waals surface area (Å²) in [5.74, 6) is -1.28. The van der Waals surface area contributed by atoms with Gasteiger partial charge in [0, 0.05) is 41.3 Å². The molecule has 8 nitrogen and oxygen atoms in total. The Hall–Kier alpha value is -3.94. The zero-order valence-electron chi connectivity index (χ0n) is 17.4. The van der Waals surface area contributed by atoms with Gasteiger partial charge in [0.05, 0.1) is 0 Å². The fourth-order valence-electron chi connectivity index (χ4n) is 3.03. The molecule has 0 bridgehead atoms. The van der Waals surface area contributed by atoms with E-state index in [9.17, 15) is 19.2 Å². The van der Waals surface area contributed by atoms with Crippen LogP contribution in [0.15, 0.2) is 57.7 Å². The Morgan fingerprint density at radius 1 is 1.10 bits per heavy atom. The molecular weight excluding hydrogens is 400 g/mol. The van der Waals surface area contributed by atoms with Gasteiger partial charge in [-0.05, 0) is 38.1 Å². The Balaban J connectivity index is 1.69. The maximum atomic E-state index is 12.4. The number of nitrogens with one attached hydrogen (secondary N) is 2. The van der Waals surface area contributed by atoms with Gasteiger partial charge in [0.15, 0.2) is 0 Å². The molecular formula is C23H22N2O6. The number of hydrogen-bond acceptors (Lipinski definition) is 6. The van der Waals surface area contributed by atoms with Crippen molar-refractivity contribution in [2.75, 3.05) is 5.32 Å². The van der Waals surface area contributed by atoms with Gasteiger partial charge >= 0.3 is 11.6 Å². The van der Waals surface area contributed by atoms with Gasteiger partial charge < -0.3 is 19.8 Å². The molecule has 2 aromatic carbocycles. The summed E-state index contributed by atoms with van der Waals surface area (Å²) in [5, 5.41) is 5.78. The molecule has 3 aromatic rings. The van der Waals surface area contributed by atoms with E-state index in [1.54, 1.807) is 30.3 Å². The minimum Gasteiger partial charge on any atom is -0.459 e. The summed E-state index contributed by atoms with van der Waals surface area (Å²) in [6, 6.07) is 12.2. The molecule has 2 amide bonds. The molecule has 0 aliphatic carbocycles. The van der Waals surface area contributed by atoms with Crippen molar-refractivity contribution in [3.63, 3.8) is 0 Å². The van der Waals surface area contributed by atoms with Gasteiger partial charge in [0.2, 0.25) is 5.91 Å². The maximum absolute atomic E-state index is 12.4. The predicted molar refractivity (Wildman–Crippen MR) is 115 cm³/mol. The number of benzene rings is 2. The Morgan fingerprint density at radius 3 is 2.58 bits per heavy atom. The van der Waals surface area contributed by atoms with Gasteiger partial charge in [-0.25, -0.2) is 9.59 Å². The largest absolute Gasteiger partial charge is 0.459 e. The van der Waals surface area contributed by atoms with Crippen molar-refractivity contribution in [3.8, 4) is 0 Å². The first-order valence-electron chi connectivity index (χ1n) is 9.61. The molecule has 3 rings (SSSR count). The van der Waals surface area contributed by atoms with E-state index in [0.717, 1.165) is 5.56 Å². The number of fused-ring (bicyclic) bond motifs is 1. The number of hydrogen-bond donors (Lipinski definition) is 2. The summed E-state index contributed by atoms with van der Waals surface area (Å²) < 4.78 is 10.5. The average Bonchev–Trinajstić information content (AvgIpc) is 2.70. The summed E-state index contributed by atoms with van der Waals surface area (Å²) in [6.07, 6.45) is 0. The van der Waals surface area contributed by atoms with Crippen LogP contribution in [0.5, 0.6) is 0 Å². The molecule has 1 aromatic heterocycles. The van der Waals surface area contributed by atoms with Crippen LogP contribution >= 0.6 is 0 Å². The first kappa shape index (κ1) is 21.8. The lowest BCUT2D eigenvalue weighted by molar-refractivity contribution is -0.146. The quantitative estimate of drug-likeness (QED) is 0.466. The predicted octanol–water partition coefficient (Wildman–Crippen LogP) is 2.92. The van der Waals surface area contributed by atoms with Gasteiger partial charge in [-0.2, -0.15) is 0 Å². The molecule has 2 N–H and O–H groups in total. The lowest BCUT2D eigenvalue weighted by Crippen LogP contribution is -2.39. The van der Waals surface area contributed by atoms with Gasteiger partial charge in [-0.3, -0.25) is 9.59 Å². The summed E-state index contributed by atoms with van der Waals surface area (Å²) in [4.78, 5) is 47.8. The summed E-state index contributed by atoms with van der Waals surface area (Å²) in [5.41, 5.74) is 1.95. The number of aryl methyl sites for hydroxylation is 1. The molecule has 0 aliphatic heterocycles. The number of carbonyl (C=O) groups excluding carboxylic acids is 3. The number of rotatable bonds is 6. The van der Waals surface area contributed by atoms with E-state index in [0.29, 0.717) is 22.2 Å². The molecule has 0 saturated heterocycles. The number of ether oxygens (including phenoxy) is 1. The number of amides is 2. The van der Waals surface area contributed by atoms with Crippen LogP contribution in [-0.4, -0.2) is 23.8 Å². The molecule has 0 radical (unpaired) electrons. The van der Waals surface area contributed by atoms with Crippen LogP contribution in [0.2, 0.25) is 0 Å². The van der Waals surface area contributed by atoms with Crippen LogP contribution in [0.25, 0.3) is 11.0 Å². The van der Waals surface area contributed by atoms with Crippen molar-refractivity contribution in [2.45, 2.75) is 33.4 Å². The second-order valence-corrected chi connectivity index (χ2v) is 7.16. The standard InChI is InChI=1S/C23H22N2O6/c1-13-5-4-6-16(9-13)22(28)24-14(2)23(29)30-12-17-10-21(27)31-20-11-18(25-15(3)26)7-8-19(17)20/h4-11,14H,12H2,1-3H3,(H,24,28)(H,25,26). The van der Waals surface area contributed by atoms with Crippen molar-refractivity contribution >= 4 is 34.4 Å². The normalized spacial score (nSPS) is 11.6. The van der Waals surface area contributed by atoms with Gasteiger partial charge in [-0.1, -0.05) is 17.7 Å². The third-order valence-electron chi connectivity index (χ3n) is 4.50. The van der Waals surface area contributed by atoms with Crippen LogP contribution in [-0.2, 0) is 20.9 Å². The molecule has 0 fully saturated rings. The highest BCUT2D eigenvalue weighted by atomic mass is 16.5. The second kappa shape index (κ2) is 9.25. The minimum absolute atomic E-state index is 0.176. The molecule has 31 heavy (non-hydrogen) atoms. The highest BCUT2D eigenvalue weighted by molar-refractivity contribution is 5.97. The molecule has 0 spiro atoms. The Kier molecular flexibility index (Phi) is 6.49. The smallest absolute Gasteiger partial charge is 0.336 e. The number of esters is 1. The molecule has 8 heteroatoms. The van der Waals surface area contributed by atoms with E-state index in [1.807, 2.05) is 13.0 Å². The monoisotopic (exact) mass is 422 g/mol. The van der Waals surface area contributed by atoms with Crippen LogP contribution in [0, 0.1) is 6.92 Å². The molecule has 1 heterocycles. The van der Waals surface area contributed by atoms with E-state index < -0.39 is 17.6 Å². The van der Waals surface area contributed by atoms with Gasteiger partial charge in [0.1, 0.15) is 18.2 Å². The van der Waals surface area contributed by atoms with Crippen LogP contribution in [0.3, 0.4) is 0 Å². The van der Waals surface area contributed by atoms with Gasteiger partial charge in [-0.15, -0.1) is 0 Å². The van der Waals surface area contributed by atoms with E-state index in [1.165, 1.54) is 26.0 Å². The van der Waals surface area contributed by atoms with Crippen molar-refractivity contribution in [1.29, 1.82) is 0 Å². The van der Waals surface area contributed by atoms with Crippen LogP contribution in [0.1, 0.15) is 35.3 Å². The molecule has 0 saturated carbocycles. The van der Waals surface area contributed by atoms with E-state index in [-0.39, 0.29) is 24.0 Å². The Labute approximate surface area is 178 Å². The fraction of sp³-hybridized carbons (Fsp3) is 0.217. The maximum Gasteiger partial charge on any atom is 0.336 e. The summed E-state index contributed by atoms with van der Waals surface area (Å²) in [6.45, 7) is 4.59. The van der Waals surface area contributed by atoms with Crippen molar-refractivity contribution < 1.29 is 23.5 Å². The highest BCUT2D eigenvalue weighted by Gasteiger charge is 2.19. The van der Waals surface area contributed by atoms with E-state index >= 15 is 0 Å². The molecule has 0 aliphatic rings. The fourth-order valence-corrected chi connectivity index (χ4v) is 3.03. The number of anilines is 1. The molecule has 160 valence electrons. The zero-order chi connectivity index (χ0) is 22.5. The topological polar surface area (TPSA) is 115 Å². The Morgan fingerprint density at radius 2 is 1.87 bits per heavy atom. The van der Waals surface area contributed by atoms with Crippen molar-refractivity contribution in [1.82, 2.24) is 5.32 Å². The third-order valence-corrected chi connectivity index (χ3v) is 4.50. The van der Waals surface area contributed by atoms with Crippen molar-refractivity contribution in [3.05, 3.63) is 75.6 Å².